The van der Waals surface area contributed by atoms with E-state index in [0.717, 1.165) is 5.69 Å². The van der Waals surface area contributed by atoms with Gasteiger partial charge in [-0.15, -0.1) is 11.6 Å². The second-order valence-corrected chi connectivity index (χ2v) is 3.64. The molecule has 78 valence electrons. The Morgan fingerprint density at radius 3 is 2.80 bits per heavy atom. The lowest BCUT2D eigenvalue weighted by Gasteiger charge is -2.07. The third-order valence-electron chi connectivity index (χ3n) is 2.00. The van der Waals surface area contributed by atoms with Gasteiger partial charge in [-0.1, -0.05) is 11.6 Å². The summed E-state index contributed by atoms with van der Waals surface area (Å²) in [6.07, 6.45) is 1.62. The van der Waals surface area contributed by atoms with E-state index in [4.69, 9.17) is 23.2 Å². The monoisotopic (exact) mass is 244 g/mol. The fraction of sp³-hybridized carbons (Fsp3) is 0.100. The van der Waals surface area contributed by atoms with Gasteiger partial charge in [0.2, 0.25) is 0 Å². The molecule has 0 fully saturated rings. The van der Waals surface area contributed by atoms with Crippen LogP contribution in [-0.4, -0.2) is 9.78 Å². The minimum Gasteiger partial charge on any atom is -0.235 e. The van der Waals surface area contributed by atoms with Gasteiger partial charge in [-0.3, -0.25) is 0 Å². The van der Waals surface area contributed by atoms with Crippen molar-refractivity contribution in [1.29, 1.82) is 0 Å². The molecule has 0 aliphatic heterocycles. The van der Waals surface area contributed by atoms with E-state index in [1.807, 2.05) is 0 Å². The molecule has 0 radical (unpaired) electrons. The quantitative estimate of drug-likeness (QED) is 0.741. The molecule has 0 unspecified atom stereocenters. The molecule has 5 heteroatoms. The Morgan fingerprint density at radius 1 is 1.33 bits per heavy atom. The molecule has 1 aromatic heterocycles. The molecule has 0 N–H and O–H groups in total. The van der Waals surface area contributed by atoms with Gasteiger partial charge in [0.15, 0.2) is 0 Å². The van der Waals surface area contributed by atoms with Gasteiger partial charge in [0.05, 0.1) is 22.3 Å². The lowest BCUT2D eigenvalue weighted by Crippen LogP contribution is -2.01. The molecule has 1 heterocycles. The number of benzene rings is 1. The van der Waals surface area contributed by atoms with Crippen molar-refractivity contribution in [2.24, 2.45) is 0 Å². The third kappa shape index (κ3) is 1.98. The Morgan fingerprint density at radius 2 is 2.13 bits per heavy atom. The van der Waals surface area contributed by atoms with Crippen LogP contribution in [0.4, 0.5) is 4.39 Å². The molecule has 1 aromatic carbocycles. The molecule has 0 amide bonds. The molecule has 0 saturated carbocycles. The first-order valence-electron chi connectivity index (χ1n) is 4.26. The van der Waals surface area contributed by atoms with E-state index in [0.29, 0.717) is 16.6 Å². The highest BCUT2D eigenvalue weighted by molar-refractivity contribution is 6.32. The third-order valence-corrected chi connectivity index (χ3v) is 2.57. The Balaban J connectivity index is 2.54. The summed E-state index contributed by atoms with van der Waals surface area (Å²) in [5, 5.41) is 4.38. The SMILES string of the molecule is Fc1ccc(-n2nccc2CCl)c(Cl)c1. The number of hydrogen-bond donors (Lipinski definition) is 0. The lowest BCUT2D eigenvalue weighted by atomic mass is 10.3. The van der Waals surface area contributed by atoms with Crippen molar-refractivity contribution in [2.75, 3.05) is 0 Å². The summed E-state index contributed by atoms with van der Waals surface area (Å²) in [5.41, 5.74) is 1.43. The van der Waals surface area contributed by atoms with Crippen LogP contribution >= 0.6 is 23.2 Å². The van der Waals surface area contributed by atoms with Crippen molar-refractivity contribution in [3.63, 3.8) is 0 Å². The molecule has 0 saturated heterocycles. The van der Waals surface area contributed by atoms with Gasteiger partial charge in [0.25, 0.3) is 0 Å². The smallest absolute Gasteiger partial charge is 0.124 e. The van der Waals surface area contributed by atoms with E-state index >= 15 is 0 Å². The maximum Gasteiger partial charge on any atom is 0.124 e. The van der Waals surface area contributed by atoms with E-state index in [-0.39, 0.29) is 5.82 Å². The summed E-state index contributed by atoms with van der Waals surface area (Å²) in [5.74, 6) is -0.0448. The molecule has 2 aromatic rings. The van der Waals surface area contributed by atoms with Crippen LogP contribution in [0.25, 0.3) is 5.69 Å². The van der Waals surface area contributed by atoms with Crippen molar-refractivity contribution < 1.29 is 4.39 Å². The van der Waals surface area contributed by atoms with Crippen molar-refractivity contribution in [3.05, 3.63) is 47.0 Å². The molecule has 0 aliphatic carbocycles. The average Bonchev–Trinajstić information content (AvgIpc) is 2.65. The molecule has 2 nitrogen and oxygen atoms in total. The van der Waals surface area contributed by atoms with Crippen molar-refractivity contribution in [2.45, 2.75) is 5.88 Å². The van der Waals surface area contributed by atoms with E-state index in [2.05, 4.69) is 5.10 Å². The van der Waals surface area contributed by atoms with Crippen molar-refractivity contribution in [1.82, 2.24) is 9.78 Å². The Kier molecular flexibility index (Phi) is 2.93. The summed E-state index contributed by atoms with van der Waals surface area (Å²) in [7, 11) is 0. The van der Waals surface area contributed by atoms with Gasteiger partial charge >= 0.3 is 0 Å². The molecule has 2 rings (SSSR count). The first kappa shape index (κ1) is 10.5. The van der Waals surface area contributed by atoms with Gasteiger partial charge in [0.1, 0.15) is 5.82 Å². The van der Waals surface area contributed by atoms with Crippen molar-refractivity contribution >= 4 is 23.2 Å². The summed E-state index contributed by atoms with van der Waals surface area (Å²) in [6, 6.07) is 5.94. The molecule has 15 heavy (non-hydrogen) atoms. The van der Waals surface area contributed by atoms with Crippen LogP contribution in [0.2, 0.25) is 5.02 Å². The highest BCUT2D eigenvalue weighted by Crippen LogP contribution is 2.22. The van der Waals surface area contributed by atoms with Gasteiger partial charge in [0, 0.05) is 6.20 Å². The van der Waals surface area contributed by atoms with Crippen LogP contribution in [0.5, 0.6) is 0 Å². The van der Waals surface area contributed by atoms with Gasteiger partial charge in [-0.2, -0.15) is 5.10 Å². The largest absolute Gasteiger partial charge is 0.235 e. The first-order valence-corrected chi connectivity index (χ1v) is 5.18. The fourth-order valence-corrected chi connectivity index (χ4v) is 1.75. The number of aromatic nitrogens is 2. The van der Waals surface area contributed by atoms with Crippen LogP contribution in [0, 0.1) is 5.82 Å². The van der Waals surface area contributed by atoms with Crippen LogP contribution in [-0.2, 0) is 5.88 Å². The normalized spacial score (nSPS) is 10.6. The van der Waals surface area contributed by atoms with Crippen LogP contribution in [0.15, 0.2) is 30.5 Å². The molecule has 0 atom stereocenters. The van der Waals surface area contributed by atoms with E-state index in [1.165, 1.54) is 12.1 Å². The maximum atomic E-state index is 12.8. The first-order chi connectivity index (χ1) is 7.22. The highest BCUT2D eigenvalue weighted by Gasteiger charge is 2.08. The summed E-state index contributed by atoms with van der Waals surface area (Å²) < 4.78 is 14.4. The Labute approximate surface area is 96.2 Å². The number of alkyl halides is 1. The van der Waals surface area contributed by atoms with E-state index in [1.54, 1.807) is 23.0 Å². The zero-order chi connectivity index (χ0) is 10.8. The Bertz CT molecular complexity index is 482. The highest BCUT2D eigenvalue weighted by atomic mass is 35.5. The maximum absolute atomic E-state index is 12.8. The van der Waals surface area contributed by atoms with Crippen LogP contribution in [0.3, 0.4) is 0 Å². The molecule has 0 spiro atoms. The number of rotatable bonds is 2. The number of nitrogens with zero attached hydrogens (tertiary/aromatic N) is 2. The molecular weight excluding hydrogens is 238 g/mol. The zero-order valence-electron chi connectivity index (χ0n) is 7.62. The van der Waals surface area contributed by atoms with E-state index in [9.17, 15) is 4.39 Å². The minimum atomic E-state index is -0.372. The standard InChI is InChI=1S/C10H7Cl2FN2/c11-6-8-3-4-14-15(8)10-2-1-7(13)5-9(10)12/h1-5H,6H2. The van der Waals surface area contributed by atoms with Crippen LogP contribution in [0.1, 0.15) is 5.69 Å². The molecule has 0 aliphatic rings. The molecular formula is C10H7Cl2FN2. The average molecular weight is 245 g/mol. The fourth-order valence-electron chi connectivity index (χ4n) is 1.30. The molecule has 0 bridgehead atoms. The Hall–Kier alpha value is -1.06. The van der Waals surface area contributed by atoms with E-state index < -0.39 is 0 Å². The lowest BCUT2D eigenvalue weighted by molar-refractivity contribution is 0.627. The summed E-state index contributed by atoms with van der Waals surface area (Å²) in [4.78, 5) is 0. The van der Waals surface area contributed by atoms with Gasteiger partial charge in [-0.05, 0) is 24.3 Å². The van der Waals surface area contributed by atoms with Gasteiger partial charge < -0.3 is 0 Å². The zero-order valence-corrected chi connectivity index (χ0v) is 9.13. The predicted octanol–water partition coefficient (Wildman–Crippen LogP) is 3.40. The minimum absolute atomic E-state index is 0.310. The number of hydrogen-bond acceptors (Lipinski definition) is 1. The predicted molar refractivity (Wildman–Crippen MR) is 58.1 cm³/mol. The second-order valence-electron chi connectivity index (χ2n) is 2.96. The second kappa shape index (κ2) is 4.21. The van der Waals surface area contributed by atoms with Gasteiger partial charge in [-0.25, -0.2) is 9.07 Å². The summed E-state index contributed by atoms with van der Waals surface area (Å²) >= 11 is 11.6. The summed E-state index contributed by atoms with van der Waals surface area (Å²) in [6.45, 7) is 0. The topological polar surface area (TPSA) is 17.8 Å². The van der Waals surface area contributed by atoms with Crippen molar-refractivity contribution in [3.8, 4) is 5.69 Å². The number of halogens is 3. The van der Waals surface area contributed by atoms with Crippen LogP contribution < -0.4 is 0 Å².